The van der Waals surface area contributed by atoms with Crippen LogP contribution in [0.25, 0.3) is 0 Å². The van der Waals surface area contributed by atoms with Crippen LogP contribution >= 0.6 is 0 Å². The number of nitrogens with zero attached hydrogens (tertiary/aromatic N) is 6. The first-order valence-corrected chi connectivity index (χ1v) is 10.7. The Balaban J connectivity index is 1.42. The van der Waals surface area contributed by atoms with E-state index >= 15 is 0 Å². The van der Waals surface area contributed by atoms with Gasteiger partial charge in [0.1, 0.15) is 11.4 Å². The fourth-order valence-corrected chi connectivity index (χ4v) is 4.23. The first-order valence-electron chi connectivity index (χ1n) is 10.7. The minimum atomic E-state index is -4.51. The highest BCUT2D eigenvalue weighted by Crippen LogP contribution is 2.38. The molecule has 0 unspecified atom stereocenters. The maximum atomic E-state index is 13.2. The van der Waals surface area contributed by atoms with Crippen LogP contribution < -0.4 is 10.6 Å². The third-order valence-corrected chi connectivity index (χ3v) is 6.22. The molecule has 2 aliphatic rings. The summed E-state index contributed by atoms with van der Waals surface area (Å²) >= 11 is 0. The van der Waals surface area contributed by atoms with Crippen molar-refractivity contribution in [1.82, 2.24) is 29.5 Å². The van der Waals surface area contributed by atoms with E-state index in [0.717, 1.165) is 50.9 Å². The lowest BCUT2D eigenvalue weighted by atomic mass is 9.85. The average Bonchev–Trinajstić information content (AvgIpc) is 3.02. The van der Waals surface area contributed by atoms with Gasteiger partial charge in [0.25, 0.3) is 0 Å². The molecular weight excluding hydrogens is 409 g/mol. The molecule has 1 aliphatic heterocycles. The topological polar surface area (TPSA) is 74.1 Å². The first-order chi connectivity index (χ1) is 14.8. The molecule has 0 atom stereocenters. The van der Waals surface area contributed by atoms with Gasteiger partial charge in [0.15, 0.2) is 0 Å². The zero-order valence-electron chi connectivity index (χ0n) is 18.1. The van der Waals surface area contributed by atoms with Gasteiger partial charge >= 0.3 is 6.18 Å². The van der Waals surface area contributed by atoms with E-state index in [1.54, 1.807) is 13.1 Å². The van der Waals surface area contributed by atoms with Crippen LogP contribution in [-0.4, -0.2) is 75.4 Å². The summed E-state index contributed by atoms with van der Waals surface area (Å²) in [6.07, 6.45) is 0.105. The van der Waals surface area contributed by atoms with Crippen molar-refractivity contribution < 1.29 is 13.2 Å². The van der Waals surface area contributed by atoms with Crippen LogP contribution in [0, 0.1) is 6.92 Å². The Kier molecular flexibility index (Phi) is 6.07. The highest BCUT2D eigenvalue weighted by Gasteiger charge is 2.37. The van der Waals surface area contributed by atoms with Crippen LogP contribution in [0.1, 0.15) is 37.1 Å². The van der Waals surface area contributed by atoms with Crippen molar-refractivity contribution in [2.75, 3.05) is 50.4 Å². The van der Waals surface area contributed by atoms with Crippen molar-refractivity contribution in [2.45, 2.75) is 44.9 Å². The van der Waals surface area contributed by atoms with E-state index in [4.69, 9.17) is 0 Å². The molecule has 2 fully saturated rings. The normalized spacial score (nSPS) is 22.9. The van der Waals surface area contributed by atoms with Crippen molar-refractivity contribution in [2.24, 2.45) is 0 Å². The molecule has 0 spiro atoms. The first kappa shape index (κ1) is 21.8. The number of aromatic nitrogens is 4. The molecule has 2 N–H and O–H groups in total. The van der Waals surface area contributed by atoms with Crippen LogP contribution in [0.4, 0.5) is 30.6 Å². The molecular formula is C20H29F3N8. The third-order valence-electron chi connectivity index (χ3n) is 6.22. The Labute approximate surface area is 179 Å². The highest BCUT2D eigenvalue weighted by molar-refractivity contribution is 5.58. The summed E-state index contributed by atoms with van der Waals surface area (Å²) < 4.78 is 41.5. The van der Waals surface area contributed by atoms with Gasteiger partial charge in [-0.05, 0) is 33.7 Å². The lowest BCUT2D eigenvalue weighted by Gasteiger charge is -2.46. The van der Waals surface area contributed by atoms with E-state index in [0.29, 0.717) is 24.3 Å². The zero-order valence-corrected chi connectivity index (χ0v) is 18.1. The van der Waals surface area contributed by atoms with E-state index in [9.17, 15) is 13.2 Å². The quantitative estimate of drug-likeness (QED) is 0.718. The van der Waals surface area contributed by atoms with E-state index in [-0.39, 0.29) is 11.8 Å². The second kappa shape index (κ2) is 8.62. The molecule has 1 saturated heterocycles. The van der Waals surface area contributed by atoms with Crippen LogP contribution in [0.15, 0.2) is 12.4 Å². The molecule has 0 bridgehead atoms. The molecule has 170 valence electrons. The standard InChI is InChI=1S/C20H29F3N8/c1-4-24-18-16(20(21,22)23)11-25-19(28-18)27-17-12-26-31(13(17)2)15-9-14(10-15)30-7-5-29(3)6-8-30/h11-12,14-15H,4-10H2,1-3H3,(H2,24,25,27,28). The number of alkyl halides is 3. The average molecular weight is 439 g/mol. The van der Waals surface area contributed by atoms with Crippen LogP contribution in [-0.2, 0) is 6.18 Å². The molecule has 0 aromatic carbocycles. The van der Waals surface area contributed by atoms with Crippen molar-refractivity contribution in [3.05, 3.63) is 23.7 Å². The second-order valence-corrected chi connectivity index (χ2v) is 8.32. The van der Waals surface area contributed by atoms with Crippen LogP contribution in [0.2, 0.25) is 0 Å². The molecule has 31 heavy (non-hydrogen) atoms. The van der Waals surface area contributed by atoms with Crippen molar-refractivity contribution in [3.8, 4) is 0 Å². The van der Waals surface area contributed by atoms with Crippen molar-refractivity contribution >= 4 is 17.5 Å². The molecule has 0 radical (unpaired) electrons. The molecule has 0 amide bonds. The molecule has 2 aromatic rings. The van der Waals surface area contributed by atoms with E-state index < -0.39 is 11.7 Å². The van der Waals surface area contributed by atoms with Crippen molar-refractivity contribution in [1.29, 1.82) is 0 Å². The SMILES string of the molecule is CCNc1nc(Nc2cnn(C3CC(N4CCN(C)CC4)C3)c2C)ncc1C(F)(F)F. The van der Waals surface area contributed by atoms with Gasteiger partial charge in [-0.3, -0.25) is 9.58 Å². The van der Waals surface area contributed by atoms with E-state index in [1.165, 1.54) is 0 Å². The molecule has 4 rings (SSSR count). The van der Waals surface area contributed by atoms with E-state index in [2.05, 4.69) is 42.5 Å². The van der Waals surface area contributed by atoms with Gasteiger partial charge in [-0.1, -0.05) is 0 Å². The van der Waals surface area contributed by atoms with Gasteiger partial charge in [0.2, 0.25) is 5.95 Å². The Bertz CT molecular complexity index is 898. The predicted molar refractivity (Wildman–Crippen MR) is 113 cm³/mol. The summed E-state index contributed by atoms with van der Waals surface area (Å²) in [7, 11) is 2.16. The number of halogens is 3. The number of hydrogen-bond acceptors (Lipinski definition) is 7. The minimum absolute atomic E-state index is 0.107. The molecule has 3 heterocycles. The van der Waals surface area contributed by atoms with Gasteiger partial charge < -0.3 is 15.5 Å². The molecule has 1 saturated carbocycles. The molecule has 2 aromatic heterocycles. The smallest absolute Gasteiger partial charge is 0.370 e. The van der Waals surface area contributed by atoms with E-state index in [1.807, 2.05) is 11.6 Å². The predicted octanol–water partition coefficient (Wildman–Crippen LogP) is 3.13. The fourth-order valence-electron chi connectivity index (χ4n) is 4.23. The Hall–Kier alpha value is -2.40. The number of hydrogen-bond donors (Lipinski definition) is 2. The number of likely N-dealkylation sites (N-methyl/N-ethyl adjacent to an activating group) is 1. The Morgan fingerprint density at radius 1 is 1.10 bits per heavy atom. The Morgan fingerprint density at radius 3 is 2.45 bits per heavy atom. The lowest BCUT2D eigenvalue weighted by molar-refractivity contribution is -0.137. The van der Waals surface area contributed by atoms with Gasteiger partial charge in [-0.15, -0.1) is 0 Å². The Morgan fingerprint density at radius 2 is 1.81 bits per heavy atom. The van der Waals surface area contributed by atoms with Gasteiger partial charge in [-0.25, -0.2) is 4.98 Å². The summed E-state index contributed by atoms with van der Waals surface area (Å²) in [5.74, 6) is -0.123. The van der Waals surface area contributed by atoms with Gasteiger partial charge in [0.05, 0.1) is 23.6 Å². The molecule has 1 aliphatic carbocycles. The monoisotopic (exact) mass is 438 g/mol. The second-order valence-electron chi connectivity index (χ2n) is 8.32. The van der Waals surface area contributed by atoms with Crippen LogP contribution in [0.3, 0.4) is 0 Å². The number of nitrogens with one attached hydrogen (secondary N) is 2. The largest absolute Gasteiger partial charge is 0.421 e. The molecule has 8 nitrogen and oxygen atoms in total. The number of rotatable bonds is 6. The van der Waals surface area contributed by atoms with Gasteiger partial charge in [0, 0.05) is 45.0 Å². The third kappa shape index (κ3) is 4.62. The fraction of sp³-hybridized carbons (Fsp3) is 0.650. The highest BCUT2D eigenvalue weighted by atomic mass is 19.4. The van der Waals surface area contributed by atoms with Crippen molar-refractivity contribution in [3.63, 3.8) is 0 Å². The minimum Gasteiger partial charge on any atom is -0.370 e. The number of piperazine rings is 1. The summed E-state index contributed by atoms with van der Waals surface area (Å²) in [5.41, 5.74) is 0.748. The van der Waals surface area contributed by atoms with Gasteiger partial charge in [-0.2, -0.15) is 23.3 Å². The maximum absolute atomic E-state index is 13.2. The summed E-state index contributed by atoms with van der Waals surface area (Å²) in [5, 5.41) is 10.2. The lowest BCUT2D eigenvalue weighted by Crippen LogP contribution is -2.53. The molecule has 11 heteroatoms. The number of anilines is 3. The summed E-state index contributed by atoms with van der Waals surface area (Å²) in [6.45, 7) is 8.43. The van der Waals surface area contributed by atoms with Crippen LogP contribution in [0.5, 0.6) is 0 Å². The summed E-state index contributed by atoms with van der Waals surface area (Å²) in [4.78, 5) is 12.8. The zero-order chi connectivity index (χ0) is 22.2. The summed E-state index contributed by atoms with van der Waals surface area (Å²) in [6, 6.07) is 0.936. The maximum Gasteiger partial charge on any atom is 0.421 e.